The van der Waals surface area contributed by atoms with E-state index in [0.717, 1.165) is 97.8 Å². The predicted octanol–water partition coefficient (Wildman–Crippen LogP) is 16.5. The third kappa shape index (κ3) is 17.2. The standard InChI is InChI=1S/3C21H20F3N5O.C19H16Cl2FN5O/c3*1-11-9-15-18(26-13(3)27-19(15)17-7-8-25-28-17)10-29(11)20(30)14-5-4-6-16(12(14)2)21(22,23)24;1-9-7-12-15(24-10(2)25-18(12)14-5-6-23-26-14)8-27(9)19(28)11-3-4-13(22)17(21)16(11)20/h3*4-8,11H,9-10H2,1-3H3,(H,25,28);3-6,9H,7-8H2,1-2H3,(H,23,26)/t2*11-;;/m10../s1. The second-order valence-electron chi connectivity index (χ2n) is 29.2. The van der Waals surface area contributed by atoms with E-state index in [-0.39, 0.29) is 98.7 Å². The van der Waals surface area contributed by atoms with E-state index in [1.165, 1.54) is 63.2 Å². The van der Waals surface area contributed by atoms with Gasteiger partial charge in [0.15, 0.2) is 0 Å². The van der Waals surface area contributed by atoms with E-state index in [0.29, 0.717) is 72.6 Å². The number of nitrogens with one attached hydrogen (secondary N) is 4. The molecule has 0 aliphatic carbocycles. The minimum absolute atomic E-state index is 0.0553. The van der Waals surface area contributed by atoms with Gasteiger partial charge in [-0.15, -0.1) is 0 Å². The van der Waals surface area contributed by atoms with Crippen LogP contribution in [0.25, 0.3) is 45.6 Å². The second kappa shape index (κ2) is 33.4. The van der Waals surface area contributed by atoms with Crippen molar-refractivity contribution in [3.8, 4) is 45.6 Å². The highest BCUT2D eigenvalue weighted by atomic mass is 35.5. The number of aromatic nitrogens is 16. The van der Waals surface area contributed by atoms with Crippen molar-refractivity contribution in [3.63, 3.8) is 0 Å². The van der Waals surface area contributed by atoms with E-state index in [4.69, 9.17) is 23.2 Å². The zero-order valence-corrected chi connectivity index (χ0v) is 66.8. The summed E-state index contributed by atoms with van der Waals surface area (Å²) in [4.78, 5) is 95.4. The summed E-state index contributed by atoms with van der Waals surface area (Å²) in [5.74, 6) is -0.0182. The number of amides is 4. The lowest BCUT2D eigenvalue weighted by molar-refractivity contribution is -0.138. The zero-order valence-electron chi connectivity index (χ0n) is 65.3. The van der Waals surface area contributed by atoms with Crippen molar-refractivity contribution in [2.45, 2.75) is 171 Å². The van der Waals surface area contributed by atoms with Crippen molar-refractivity contribution >= 4 is 46.8 Å². The van der Waals surface area contributed by atoms with Gasteiger partial charge in [0, 0.05) is 87.9 Å². The highest BCUT2D eigenvalue weighted by Gasteiger charge is 2.42. The van der Waals surface area contributed by atoms with Gasteiger partial charge in [0.05, 0.1) is 127 Å². The largest absolute Gasteiger partial charge is 0.416 e. The van der Waals surface area contributed by atoms with E-state index < -0.39 is 58.8 Å². The number of benzene rings is 4. The number of carbonyl (C=O) groups excluding carboxylic acids is 4. The number of fused-ring (bicyclic) bond motifs is 4. The predicted molar refractivity (Wildman–Crippen MR) is 415 cm³/mol. The maximum Gasteiger partial charge on any atom is 0.416 e. The fraction of sp³-hybridized carbons (Fsp3) is 0.317. The Kier molecular flexibility index (Phi) is 23.7. The van der Waals surface area contributed by atoms with Gasteiger partial charge in [-0.05, 0) is 191 Å². The van der Waals surface area contributed by atoms with Crippen molar-refractivity contribution in [3.05, 3.63) is 256 Å². The second-order valence-corrected chi connectivity index (χ2v) is 29.9. The first-order chi connectivity index (χ1) is 55.9. The van der Waals surface area contributed by atoms with E-state index >= 15 is 0 Å². The minimum Gasteiger partial charge on any atom is -0.330 e. The van der Waals surface area contributed by atoms with Crippen LogP contribution in [0.4, 0.5) is 43.9 Å². The molecule has 0 saturated carbocycles. The smallest absolute Gasteiger partial charge is 0.330 e. The lowest BCUT2D eigenvalue weighted by atomic mass is 9.94. The number of halogens is 12. The van der Waals surface area contributed by atoms with Crippen LogP contribution in [0, 0.1) is 54.3 Å². The highest BCUT2D eigenvalue weighted by Crippen LogP contribution is 2.41. The van der Waals surface area contributed by atoms with Crippen LogP contribution in [-0.4, -0.2) is 148 Å². The Labute approximate surface area is 678 Å². The van der Waals surface area contributed by atoms with Crippen LogP contribution in [-0.2, 0) is 70.4 Å². The Hall–Kier alpha value is -12.2. The fourth-order valence-electron chi connectivity index (χ4n) is 15.3. The minimum atomic E-state index is -4.51. The van der Waals surface area contributed by atoms with E-state index in [9.17, 15) is 63.1 Å². The van der Waals surface area contributed by atoms with Crippen LogP contribution in [0.2, 0.25) is 10.0 Å². The number of alkyl halides is 9. The van der Waals surface area contributed by atoms with Crippen molar-refractivity contribution in [1.29, 1.82) is 0 Å². The van der Waals surface area contributed by atoms with Gasteiger partial charge in [0.25, 0.3) is 23.6 Å². The average molecular weight is 1670 g/mol. The number of hydrogen-bond donors (Lipinski definition) is 4. The Bertz CT molecular complexity index is 5390. The molecule has 4 aliphatic heterocycles. The normalized spacial score (nSPS) is 16.4. The third-order valence-corrected chi connectivity index (χ3v) is 22.0. The molecule has 16 rings (SSSR count). The lowest BCUT2D eigenvalue weighted by Crippen LogP contribution is -2.43. The van der Waals surface area contributed by atoms with Gasteiger partial charge in [-0.1, -0.05) is 41.4 Å². The first-order valence-electron chi connectivity index (χ1n) is 37.2. The Balaban J connectivity index is 0.000000136. The molecule has 24 nitrogen and oxygen atoms in total. The molecule has 0 spiro atoms. The molecule has 612 valence electrons. The molecule has 0 fully saturated rings. The molecule has 0 radical (unpaired) electrons. The monoisotopic (exact) mass is 1660 g/mol. The third-order valence-electron chi connectivity index (χ3n) is 21.2. The van der Waals surface area contributed by atoms with E-state index in [1.54, 1.807) is 72.1 Å². The Morgan fingerprint density at radius 3 is 0.822 bits per heavy atom. The molecular weight excluding hydrogens is 1590 g/mol. The molecule has 12 aromatic rings. The number of rotatable bonds is 8. The summed E-state index contributed by atoms with van der Waals surface area (Å²) in [6, 6.07) is 20.1. The first-order valence-corrected chi connectivity index (χ1v) is 37.9. The molecule has 0 saturated heterocycles. The van der Waals surface area contributed by atoms with Crippen molar-refractivity contribution < 1.29 is 63.1 Å². The van der Waals surface area contributed by atoms with E-state index in [2.05, 4.69) is 80.7 Å². The summed E-state index contributed by atoms with van der Waals surface area (Å²) in [5.41, 5.74) is 10.5. The molecule has 4 N–H and O–H groups in total. The number of H-pyrrole nitrogens is 4. The molecule has 118 heavy (non-hydrogen) atoms. The van der Waals surface area contributed by atoms with Gasteiger partial charge in [-0.25, -0.2) is 44.3 Å². The van der Waals surface area contributed by atoms with Gasteiger partial charge in [0.1, 0.15) is 29.1 Å². The van der Waals surface area contributed by atoms with Crippen LogP contribution >= 0.6 is 23.2 Å². The van der Waals surface area contributed by atoms with Crippen molar-refractivity contribution in [2.75, 3.05) is 0 Å². The Morgan fingerprint density at radius 2 is 0.593 bits per heavy atom. The maximum atomic E-state index is 13.6. The molecule has 8 aromatic heterocycles. The van der Waals surface area contributed by atoms with Gasteiger partial charge >= 0.3 is 18.5 Å². The van der Waals surface area contributed by atoms with Gasteiger partial charge in [-0.2, -0.15) is 59.9 Å². The lowest BCUT2D eigenvalue weighted by Gasteiger charge is -2.35. The summed E-state index contributed by atoms with van der Waals surface area (Å²) < 4.78 is 133. The average Bonchev–Trinajstić information content (AvgIpc) is 1.08. The molecule has 0 bridgehead atoms. The van der Waals surface area contributed by atoms with Crippen LogP contribution in [0.3, 0.4) is 0 Å². The molecule has 2 unspecified atom stereocenters. The summed E-state index contributed by atoms with van der Waals surface area (Å²) in [6.07, 6.45) is -4.90. The molecule has 4 aromatic carbocycles. The molecule has 4 atom stereocenters. The van der Waals surface area contributed by atoms with Crippen LogP contribution < -0.4 is 0 Å². The van der Waals surface area contributed by atoms with Gasteiger partial charge in [0.2, 0.25) is 0 Å². The van der Waals surface area contributed by atoms with Crippen molar-refractivity contribution in [1.82, 2.24) is 100 Å². The molecule has 4 amide bonds. The summed E-state index contributed by atoms with van der Waals surface area (Å²) >= 11 is 12.0. The quantitative estimate of drug-likeness (QED) is 0.0812. The molecular formula is C82H76Cl2F10N20O4. The number of nitrogens with zero attached hydrogens (tertiary/aromatic N) is 16. The maximum absolute atomic E-state index is 13.6. The zero-order chi connectivity index (χ0) is 84.9. The summed E-state index contributed by atoms with van der Waals surface area (Å²) in [5, 5.41) is 27.2. The van der Waals surface area contributed by atoms with Gasteiger partial charge in [-0.3, -0.25) is 39.6 Å². The Morgan fingerprint density at radius 1 is 0.347 bits per heavy atom. The SMILES string of the molecule is Cc1nc2c(c(-c3ccn[nH]3)n1)CC(C)N(C(=O)c1ccc(F)c(Cl)c1Cl)C2.Cc1nc2c(c(-c3ccn[nH]3)n1)CC(C)N(C(=O)c1cccc(C(F)(F)F)c1C)C2.Cc1nc2c(c(-c3ccn[nH]3)n1)C[C@@H](C)N(C(=O)c1cccc(C(F)(F)F)c1C)C2.Cc1nc2c(c(-c3ccn[nH]3)n1)C[C@H](C)N(C(=O)c1cccc(C(F)(F)F)c1C)C2. The topological polar surface area (TPSA) is 299 Å². The summed E-state index contributed by atoms with van der Waals surface area (Å²) in [7, 11) is 0. The van der Waals surface area contributed by atoms with E-state index in [1.807, 2.05) is 52.0 Å². The van der Waals surface area contributed by atoms with Crippen LogP contribution in [0.15, 0.2) is 116 Å². The molecule has 4 aliphatic rings. The van der Waals surface area contributed by atoms with Crippen LogP contribution in [0.1, 0.15) is 171 Å². The highest BCUT2D eigenvalue weighted by molar-refractivity contribution is 6.44. The molecule has 12 heterocycles. The first kappa shape index (κ1) is 83.7. The number of hydrogen-bond acceptors (Lipinski definition) is 16. The van der Waals surface area contributed by atoms with Gasteiger partial charge < -0.3 is 19.6 Å². The number of aromatic amines is 4. The van der Waals surface area contributed by atoms with Crippen LogP contribution in [0.5, 0.6) is 0 Å². The number of carbonyl (C=O) groups is 4. The number of aryl methyl sites for hydroxylation is 4. The fourth-order valence-corrected chi connectivity index (χ4v) is 15.6. The molecule has 36 heteroatoms. The summed E-state index contributed by atoms with van der Waals surface area (Å²) in [6.45, 7) is 19.6. The van der Waals surface area contributed by atoms with Crippen molar-refractivity contribution in [2.24, 2.45) is 0 Å².